The highest BCUT2D eigenvalue weighted by atomic mass is 16.5. The molecule has 0 bridgehead atoms. The lowest BCUT2D eigenvalue weighted by Crippen LogP contribution is -2.11. The zero-order chi connectivity index (χ0) is 13.2. The summed E-state index contributed by atoms with van der Waals surface area (Å²) in [6.07, 6.45) is 5.31. The van der Waals surface area contributed by atoms with Gasteiger partial charge >= 0.3 is 0 Å². The van der Waals surface area contributed by atoms with E-state index in [0.29, 0.717) is 13.2 Å². The van der Waals surface area contributed by atoms with Crippen LogP contribution in [0.15, 0.2) is 24.3 Å². The summed E-state index contributed by atoms with van der Waals surface area (Å²) in [6, 6.07) is 8.43. The van der Waals surface area contributed by atoms with Crippen molar-refractivity contribution in [1.82, 2.24) is 0 Å². The Morgan fingerprint density at radius 3 is 2.33 bits per heavy atom. The van der Waals surface area contributed by atoms with Crippen LogP contribution in [0.25, 0.3) is 0 Å². The molecule has 0 aliphatic carbocycles. The van der Waals surface area contributed by atoms with Gasteiger partial charge in [-0.2, -0.15) is 0 Å². The molecule has 0 fully saturated rings. The van der Waals surface area contributed by atoms with Gasteiger partial charge < -0.3 is 9.47 Å². The third-order valence-electron chi connectivity index (χ3n) is 2.80. The second-order valence-electron chi connectivity index (χ2n) is 4.87. The summed E-state index contributed by atoms with van der Waals surface area (Å²) in [5.41, 5.74) is 1.40. The normalized spacial score (nSPS) is 10.9. The largest absolute Gasteiger partial charge is 0.491 e. The van der Waals surface area contributed by atoms with Crippen LogP contribution in [0.2, 0.25) is 0 Å². The summed E-state index contributed by atoms with van der Waals surface area (Å²) in [7, 11) is 0. The van der Waals surface area contributed by atoms with E-state index in [1.807, 2.05) is 13.8 Å². The van der Waals surface area contributed by atoms with Gasteiger partial charge in [-0.05, 0) is 44.4 Å². The predicted molar refractivity (Wildman–Crippen MR) is 76.3 cm³/mol. The van der Waals surface area contributed by atoms with Crippen molar-refractivity contribution < 1.29 is 9.47 Å². The number of aryl methyl sites for hydroxylation is 1. The molecule has 0 aliphatic rings. The molecule has 0 saturated heterocycles. The fraction of sp³-hybridized carbons (Fsp3) is 0.625. The highest BCUT2D eigenvalue weighted by molar-refractivity contribution is 5.27. The van der Waals surface area contributed by atoms with Crippen LogP contribution < -0.4 is 4.74 Å². The second-order valence-corrected chi connectivity index (χ2v) is 4.87. The van der Waals surface area contributed by atoms with Crippen LogP contribution in [0.4, 0.5) is 0 Å². The zero-order valence-corrected chi connectivity index (χ0v) is 11.9. The maximum atomic E-state index is 5.61. The molecule has 1 aromatic carbocycles. The molecule has 0 aromatic heterocycles. The molecule has 2 nitrogen and oxygen atoms in total. The van der Waals surface area contributed by atoms with E-state index in [1.54, 1.807) is 0 Å². The van der Waals surface area contributed by atoms with E-state index in [2.05, 4.69) is 31.2 Å². The number of unbranched alkanes of at least 4 members (excludes halogenated alkanes) is 2. The minimum Gasteiger partial charge on any atom is -0.491 e. The Labute approximate surface area is 111 Å². The van der Waals surface area contributed by atoms with Crippen molar-refractivity contribution in [1.29, 1.82) is 0 Å². The Kier molecular flexibility index (Phi) is 7.51. The molecule has 0 saturated carbocycles. The van der Waals surface area contributed by atoms with Crippen LogP contribution >= 0.6 is 0 Å². The smallest absolute Gasteiger partial charge is 0.119 e. The van der Waals surface area contributed by atoms with Gasteiger partial charge in [-0.1, -0.05) is 31.9 Å². The molecule has 0 amide bonds. The van der Waals surface area contributed by atoms with Crippen LogP contribution in [0.1, 0.15) is 45.6 Å². The standard InChI is InChI=1S/C16H26O2/c1-4-5-6-7-15-8-10-16(11-9-15)18-13-12-17-14(2)3/h8-11,14H,4-7,12-13H2,1-3H3. The summed E-state index contributed by atoms with van der Waals surface area (Å²) < 4.78 is 11.0. The highest BCUT2D eigenvalue weighted by Gasteiger charge is 1.97. The van der Waals surface area contributed by atoms with E-state index >= 15 is 0 Å². The number of benzene rings is 1. The molecule has 0 unspecified atom stereocenters. The number of rotatable bonds is 9. The number of hydrogen-bond acceptors (Lipinski definition) is 2. The van der Waals surface area contributed by atoms with E-state index < -0.39 is 0 Å². The van der Waals surface area contributed by atoms with Gasteiger partial charge in [0.1, 0.15) is 12.4 Å². The molecule has 0 heterocycles. The lowest BCUT2D eigenvalue weighted by Gasteiger charge is -2.09. The van der Waals surface area contributed by atoms with Gasteiger partial charge in [-0.15, -0.1) is 0 Å². The molecule has 2 heteroatoms. The lowest BCUT2D eigenvalue weighted by molar-refractivity contribution is 0.0552. The fourth-order valence-corrected chi connectivity index (χ4v) is 1.77. The van der Waals surface area contributed by atoms with Gasteiger partial charge in [0.25, 0.3) is 0 Å². The first kappa shape index (κ1) is 15.0. The molecule has 0 spiro atoms. The van der Waals surface area contributed by atoms with Gasteiger partial charge in [0, 0.05) is 0 Å². The lowest BCUT2D eigenvalue weighted by atomic mass is 10.1. The van der Waals surface area contributed by atoms with Gasteiger partial charge in [-0.25, -0.2) is 0 Å². The molecule has 18 heavy (non-hydrogen) atoms. The summed E-state index contributed by atoms with van der Waals surface area (Å²) in [5.74, 6) is 0.932. The SMILES string of the molecule is CCCCCc1ccc(OCCOC(C)C)cc1. The Morgan fingerprint density at radius 1 is 1.00 bits per heavy atom. The first-order chi connectivity index (χ1) is 8.72. The first-order valence-corrected chi connectivity index (χ1v) is 7.05. The third kappa shape index (κ3) is 6.65. The van der Waals surface area contributed by atoms with Crippen molar-refractivity contribution in [2.24, 2.45) is 0 Å². The molecule has 1 aromatic rings. The summed E-state index contributed by atoms with van der Waals surface area (Å²) >= 11 is 0. The van der Waals surface area contributed by atoms with Crippen LogP contribution in [0.5, 0.6) is 5.75 Å². The minimum absolute atomic E-state index is 0.273. The van der Waals surface area contributed by atoms with Gasteiger partial charge in [0.2, 0.25) is 0 Å². The van der Waals surface area contributed by atoms with Crippen molar-refractivity contribution in [3.63, 3.8) is 0 Å². The molecule has 0 radical (unpaired) electrons. The molecule has 0 N–H and O–H groups in total. The van der Waals surface area contributed by atoms with E-state index in [-0.39, 0.29) is 6.10 Å². The Hall–Kier alpha value is -1.02. The summed E-state index contributed by atoms with van der Waals surface area (Å²) in [5, 5.41) is 0. The van der Waals surface area contributed by atoms with E-state index in [0.717, 1.165) is 5.75 Å². The third-order valence-corrected chi connectivity index (χ3v) is 2.80. The van der Waals surface area contributed by atoms with E-state index in [9.17, 15) is 0 Å². The Balaban J connectivity index is 2.23. The van der Waals surface area contributed by atoms with Crippen LogP contribution in [0.3, 0.4) is 0 Å². The Bertz CT molecular complexity index is 303. The average Bonchev–Trinajstić information content (AvgIpc) is 2.36. The number of hydrogen-bond donors (Lipinski definition) is 0. The first-order valence-electron chi connectivity index (χ1n) is 7.05. The van der Waals surface area contributed by atoms with Crippen molar-refractivity contribution in [3.8, 4) is 5.75 Å². The van der Waals surface area contributed by atoms with E-state index in [1.165, 1.54) is 31.2 Å². The quantitative estimate of drug-likeness (QED) is 0.611. The monoisotopic (exact) mass is 250 g/mol. The van der Waals surface area contributed by atoms with E-state index in [4.69, 9.17) is 9.47 Å². The predicted octanol–water partition coefficient (Wildman–Crippen LogP) is 4.22. The summed E-state index contributed by atoms with van der Waals surface area (Å²) in [6.45, 7) is 7.57. The van der Waals surface area contributed by atoms with Crippen molar-refractivity contribution in [2.75, 3.05) is 13.2 Å². The number of ether oxygens (including phenoxy) is 2. The topological polar surface area (TPSA) is 18.5 Å². The van der Waals surface area contributed by atoms with Gasteiger partial charge in [0.05, 0.1) is 12.7 Å². The van der Waals surface area contributed by atoms with Gasteiger partial charge in [-0.3, -0.25) is 0 Å². The molecular weight excluding hydrogens is 224 g/mol. The molecule has 102 valence electrons. The average molecular weight is 250 g/mol. The van der Waals surface area contributed by atoms with Crippen molar-refractivity contribution in [2.45, 2.75) is 52.6 Å². The molecule has 0 aliphatic heterocycles. The maximum Gasteiger partial charge on any atom is 0.119 e. The van der Waals surface area contributed by atoms with Crippen molar-refractivity contribution in [3.05, 3.63) is 29.8 Å². The zero-order valence-electron chi connectivity index (χ0n) is 11.9. The van der Waals surface area contributed by atoms with Crippen LogP contribution in [-0.2, 0) is 11.2 Å². The second kappa shape index (κ2) is 8.98. The molecule has 1 rings (SSSR count). The molecule has 0 atom stereocenters. The van der Waals surface area contributed by atoms with Crippen LogP contribution in [-0.4, -0.2) is 19.3 Å². The molecular formula is C16H26O2. The maximum absolute atomic E-state index is 5.61. The highest BCUT2D eigenvalue weighted by Crippen LogP contribution is 2.14. The summed E-state index contributed by atoms with van der Waals surface area (Å²) in [4.78, 5) is 0. The fourth-order valence-electron chi connectivity index (χ4n) is 1.77. The van der Waals surface area contributed by atoms with Crippen LogP contribution in [0, 0.1) is 0 Å². The minimum atomic E-state index is 0.273. The van der Waals surface area contributed by atoms with Gasteiger partial charge in [0.15, 0.2) is 0 Å². The Morgan fingerprint density at radius 2 is 1.72 bits per heavy atom. The van der Waals surface area contributed by atoms with Crippen molar-refractivity contribution >= 4 is 0 Å².